The van der Waals surface area contributed by atoms with Crippen LogP contribution in [0.2, 0.25) is 0 Å². The maximum atomic E-state index is 13.5. The molecule has 2 amide bonds. The number of hydrogen-bond acceptors (Lipinski definition) is 6. The van der Waals surface area contributed by atoms with Gasteiger partial charge >= 0.3 is 12.0 Å². The maximum Gasteiger partial charge on any atom is 0.321 e. The Kier molecular flexibility index (Phi) is 10.1. The van der Waals surface area contributed by atoms with E-state index < -0.39 is 12.1 Å². The highest BCUT2D eigenvalue weighted by Crippen LogP contribution is 2.54. The van der Waals surface area contributed by atoms with E-state index in [2.05, 4.69) is 12.2 Å². The standard InChI is InChI=1S/C29H42N2O6/c1-5-37-27(34)29(3)18-23(29)11-9-7-6-8-10-16-30(19-22-12-14-25(36-4)15-13-22)28(35)31-20-24(33)17-26(31)21(2)32/h9,11-15,23-24,26,33H,5-8,10,16-20H2,1-4H3/b11-9-/t23-,24-,26+,29+/m1/s1. The number of unbranched alkanes of at least 4 members (excludes halogenated alkanes) is 3. The predicted octanol–water partition coefficient (Wildman–Crippen LogP) is 4.35. The Morgan fingerprint density at radius 2 is 1.92 bits per heavy atom. The van der Waals surface area contributed by atoms with Crippen molar-refractivity contribution >= 4 is 17.8 Å². The Balaban J connectivity index is 1.52. The van der Waals surface area contributed by atoms with E-state index >= 15 is 0 Å². The molecule has 1 aliphatic heterocycles. The van der Waals surface area contributed by atoms with E-state index in [-0.39, 0.29) is 35.7 Å². The van der Waals surface area contributed by atoms with Gasteiger partial charge in [0.05, 0.1) is 31.3 Å². The second-order valence-electron chi connectivity index (χ2n) is 10.4. The minimum atomic E-state index is -0.676. The molecule has 204 valence electrons. The van der Waals surface area contributed by atoms with Gasteiger partial charge in [-0.3, -0.25) is 9.59 Å². The lowest BCUT2D eigenvalue weighted by atomic mass is 10.1. The zero-order valence-electron chi connectivity index (χ0n) is 22.7. The molecule has 3 rings (SSSR count). The number of benzene rings is 1. The summed E-state index contributed by atoms with van der Waals surface area (Å²) in [6.45, 7) is 6.85. The number of ether oxygens (including phenoxy) is 2. The topological polar surface area (TPSA) is 96.4 Å². The molecule has 1 saturated heterocycles. The SMILES string of the molecule is CCOC(=O)[C@@]1(C)C[C@H]1/C=C\CCCCCN(Cc1ccc(OC)cc1)C(=O)N1C[C@H](O)C[C@H]1C(C)=O. The van der Waals surface area contributed by atoms with Gasteiger partial charge in [-0.2, -0.15) is 0 Å². The smallest absolute Gasteiger partial charge is 0.321 e. The number of allylic oxidation sites excluding steroid dienone is 2. The van der Waals surface area contributed by atoms with Crippen molar-refractivity contribution in [1.29, 1.82) is 0 Å². The van der Waals surface area contributed by atoms with Gasteiger partial charge in [0.1, 0.15) is 5.75 Å². The van der Waals surface area contributed by atoms with E-state index in [0.29, 0.717) is 26.1 Å². The number of rotatable bonds is 13. The van der Waals surface area contributed by atoms with Crippen molar-refractivity contribution in [2.24, 2.45) is 11.3 Å². The van der Waals surface area contributed by atoms with Crippen LogP contribution in [-0.2, 0) is 20.9 Å². The molecule has 1 saturated carbocycles. The van der Waals surface area contributed by atoms with Crippen molar-refractivity contribution in [3.05, 3.63) is 42.0 Å². The molecule has 2 fully saturated rings. The zero-order valence-corrected chi connectivity index (χ0v) is 22.7. The number of carbonyl (C=O) groups excluding carboxylic acids is 3. The number of nitrogens with zero attached hydrogens (tertiary/aromatic N) is 2. The molecule has 37 heavy (non-hydrogen) atoms. The fraction of sp³-hybridized carbons (Fsp3) is 0.621. The van der Waals surface area contributed by atoms with Gasteiger partial charge in [0.2, 0.25) is 0 Å². The first-order chi connectivity index (χ1) is 17.7. The summed E-state index contributed by atoms with van der Waals surface area (Å²) < 4.78 is 10.4. The van der Waals surface area contributed by atoms with Gasteiger partial charge in [-0.15, -0.1) is 0 Å². The minimum Gasteiger partial charge on any atom is -0.497 e. The van der Waals surface area contributed by atoms with Crippen LogP contribution in [0.25, 0.3) is 0 Å². The average Bonchev–Trinajstić information content (AvgIpc) is 3.38. The summed E-state index contributed by atoms with van der Waals surface area (Å²) in [5.41, 5.74) is 0.612. The van der Waals surface area contributed by atoms with E-state index in [4.69, 9.17) is 9.47 Å². The molecule has 0 spiro atoms. The van der Waals surface area contributed by atoms with E-state index in [1.165, 1.54) is 11.8 Å². The van der Waals surface area contributed by atoms with Gasteiger partial charge in [0.15, 0.2) is 5.78 Å². The van der Waals surface area contributed by atoms with E-state index in [0.717, 1.165) is 43.4 Å². The summed E-state index contributed by atoms with van der Waals surface area (Å²) in [5, 5.41) is 10.1. The largest absolute Gasteiger partial charge is 0.497 e. The number of hydrogen-bond donors (Lipinski definition) is 1. The lowest BCUT2D eigenvalue weighted by Gasteiger charge is -2.31. The van der Waals surface area contributed by atoms with Gasteiger partial charge in [0, 0.05) is 26.1 Å². The molecule has 1 aromatic rings. The molecule has 8 heteroatoms. The van der Waals surface area contributed by atoms with Gasteiger partial charge in [-0.25, -0.2) is 4.79 Å². The third-order valence-corrected chi connectivity index (χ3v) is 7.51. The molecule has 1 aromatic carbocycles. The Morgan fingerprint density at radius 1 is 1.19 bits per heavy atom. The lowest BCUT2D eigenvalue weighted by molar-refractivity contribution is -0.149. The molecular weight excluding hydrogens is 472 g/mol. The van der Waals surface area contributed by atoms with Crippen molar-refractivity contribution in [3.8, 4) is 5.75 Å². The number of esters is 1. The average molecular weight is 515 g/mol. The number of likely N-dealkylation sites (tertiary alicyclic amines) is 1. The van der Waals surface area contributed by atoms with Crippen LogP contribution in [0.15, 0.2) is 36.4 Å². The van der Waals surface area contributed by atoms with Gasteiger partial charge in [-0.05, 0) is 70.1 Å². The number of Topliss-reactive ketones (excluding diaryl/α,β-unsaturated/α-hetero) is 1. The highest BCUT2D eigenvalue weighted by atomic mass is 16.5. The monoisotopic (exact) mass is 514 g/mol. The van der Waals surface area contributed by atoms with Crippen LogP contribution in [0.5, 0.6) is 5.75 Å². The number of aliphatic hydroxyl groups is 1. The number of aliphatic hydroxyl groups excluding tert-OH is 1. The molecular formula is C29H42N2O6. The fourth-order valence-corrected chi connectivity index (χ4v) is 5.00. The zero-order chi connectivity index (χ0) is 27.0. The fourth-order valence-electron chi connectivity index (χ4n) is 5.00. The van der Waals surface area contributed by atoms with Crippen LogP contribution < -0.4 is 4.74 Å². The van der Waals surface area contributed by atoms with Gasteiger partial charge in [0.25, 0.3) is 0 Å². The van der Waals surface area contributed by atoms with Crippen LogP contribution in [-0.4, -0.2) is 71.6 Å². The number of ketones is 1. The number of methoxy groups -OCH3 is 1. The second-order valence-corrected chi connectivity index (χ2v) is 10.4. The Bertz CT molecular complexity index is 962. The van der Waals surface area contributed by atoms with Crippen molar-refractivity contribution in [2.45, 2.75) is 78.0 Å². The lowest BCUT2D eigenvalue weighted by Crippen LogP contribution is -2.47. The summed E-state index contributed by atoms with van der Waals surface area (Å²) in [7, 11) is 1.62. The molecule has 0 radical (unpaired) electrons. The summed E-state index contributed by atoms with van der Waals surface area (Å²) in [6, 6.07) is 6.83. The van der Waals surface area contributed by atoms with Crippen molar-refractivity contribution < 1.29 is 29.0 Å². The van der Waals surface area contributed by atoms with E-state index in [1.54, 1.807) is 12.0 Å². The van der Waals surface area contributed by atoms with Crippen LogP contribution in [0.3, 0.4) is 0 Å². The third-order valence-electron chi connectivity index (χ3n) is 7.51. The normalized spacial score (nSPS) is 24.8. The third kappa shape index (κ3) is 7.57. The molecule has 4 atom stereocenters. The minimum absolute atomic E-state index is 0.101. The maximum absolute atomic E-state index is 13.5. The first-order valence-electron chi connectivity index (χ1n) is 13.4. The predicted molar refractivity (Wildman–Crippen MR) is 141 cm³/mol. The molecule has 2 aliphatic rings. The summed E-state index contributed by atoms with van der Waals surface area (Å²) in [5.74, 6) is 0.802. The molecule has 8 nitrogen and oxygen atoms in total. The van der Waals surface area contributed by atoms with Crippen LogP contribution in [0.1, 0.15) is 64.9 Å². The quantitative estimate of drug-likeness (QED) is 0.239. The highest BCUT2D eigenvalue weighted by Gasteiger charge is 2.55. The van der Waals surface area contributed by atoms with Crippen LogP contribution >= 0.6 is 0 Å². The highest BCUT2D eigenvalue weighted by molar-refractivity contribution is 5.87. The molecule has 1 heterocycles. The summed E-state index contributed by atoms with van der Waals surface area (Å²) in [6.07, 6.45) is 8.45. The number of urea groups is 1. The molecule has 0 aromatic heterocycles. The first-order valence-corrected chi connectivity index (χ1v) is 13.4. The van der Waals surface area contributed by atoms with Crippen molar-refractivity contribution in [2.75, 3.05) is 26.8 Å². The molecule has 1 aliphatic carbocycles. The van der Waals surface area contributed by atoms with Gasteiger partial charge < -0.3 is 24.4 Å². The summed E-state index contributed by atoms with van der Waals surface area (Å²) in [4.78, 5) is 40.9. The number of β-amino-alcohol motifs (C(OH)–C–C–N with tert-alkyl or cyclic N) is 1. The Labute approximate surface area is 220 Å². The van der Waals surface area contributed by atoms with Crippen LogP contribution in [0.4, 0.5) is 4.79 Å². The van der Waals surface area contributed by atoms with Crippen molar-refractivity contribution in [3.63, 3.8) is 0 Å². The Morgan fingerprint density at radius 3 is 2.57 bits per heavy atom. The second kappa shape index (κ2) is 13.1. The summed E-state index contributed by atoms with van der Waals surface area (Å²) >= 11 is 0. The van der Waals surface area contributed by atoms with Crippen LogP contribution in [0, 0.1) is 11.3 Å². The van der Waals surface area contributed by atoms with E-state index in [9.17, 15) is 19.5 Å². The van der Waals surface area contributed by atoms with Gasteiger partial charge in [-0.1, -0.05) is 30.7 Å². The molecule has 0 bridgehead atoms. The van der Waals surface area contributed by atoms with Crippen molar-refractivity contribution in [1.82, 2.24) is 9.80 Å². The number of carbonyl (C=O) groups is 3. The number of amides is 2. The molecule has 1 N–H and O–H groups in total. The molecule has 0 unspecified atom stereocenters. The Hall–Kier alpha value is -2.87. The first kappa shape index (κ1) is 28.7. The van der Waals surface area contributed by atoms with E-state index in [1.807, 2.05) is 38.1 Å².